The van der Waals surface area contributed by atoms with Crippen LogP contribution in [0.25, 0.3) is 0 Å². The maximum Gasteiger partial charge on any atom is 0.435 e. The summed E-state index contributed by atoms with van der Waals surface area (Å²) in [4.78, 5) is 25.7. The van der Waals surface area contributed by atoms with Gasteiger partial charge in [-0.05, 0) is 37.8 Å². The zero-order chi connectivity index (χ0) is 22.6. The van der Waals surface area contributed by atoms with Gasteiger partial charge < -0.3 is 0 Å². The van der Waals surface area contributed by atoms with Gasteiger partial charge in [-0.1, -0.05) is 12.1 Å². The minimum absolute atomic E-state index is 0.0373. The lowest BCUT2D eigenvalue weighted by Gasteiger charge is -2.29. The van der Waals surface area contributed by atoms with Crippen LogP contribution in [-0.2, 0) is 12.7 Å². The molecule has 1 aromatic carbocycles. The van der Waals surface area contributed by atoms with Gasteiger partial charge >= 0.3 is 12.4 Å². The maximum atomic E-state index is 13.6. The van der Waals surface area contributed by atoms with Crippen LogP contribution in [0.4, 0.5) is 26.3 Å². The number of carbonyl (C=O) groups excluding carboxylic acids is 2. The molecule has 0 saturated heterocycles. The van der Waals surface area contributed by atoms with E-state index in [9.17, 15) is 35.9 Å². The van der Waals surface area contributed by atoms with Crippen LogP contribution in [0, 0.1) is 5.92 Å². The number of hydrogen-bond acceptors (Lipinski definition) is 3. The lowest BCUT2D eigenvalue weighted by molar-refractivity contribution is -0.183. The van der Waals surface area contributed by atoms with Crippen LogP contribution in [0.1, 0.15) is 63.7 Å². The largest absolute Gasteiger partial charge is 0.435 e. The number of amides is 2. The van der Waals surface area contributed by atoms with Crippen LogP contribution in [0.2, 0.25) is 0 Å². The molecule has 1 fully saturated rings. The van der Waals surface area contributed by atoms with Gasteiger partial charge in [-0.15, -0.1) is 0 Å². The number of rotatable bonds is 3. The molecule has 0 radical (unpaired) electrons. The maximum absolute atomic E-state index is 13.6. The predicted molar refractivity (Wildman–Crippen MR) is 94.9 cm³/mol. The van der Waals surface area contributed by atoms with Crippen LogP contribution < -0.4 is 0 Å². The van der Waals surface area contributed by atoms with E-state index in [1.54, 1.807) is 12.1 Å². The van der Waals surface area contributed by atoms with Crippen molar-refractivity contribution >= 4 is 11.8 Å². The Balaban J connectivity index is 1.59. The summed E-state index contributed by atoms with van der Waals surface area (Å²) >= 11 is 0. The Morgan fingerprint density at radius 1 is 0.903 bits per heavy atom. The lowest BCUT2D eigenvalue weighted by Crippen LogP contribution is -2.30. The average molecular weight is 445 g/mol. The second kappa shape index (κ2) is 7.38. The van der Waals surface area contributed by atoms with E-state index in [2.05, 4.69) is 5.10 Å². The molecule has 31 heavy (non-hydrogen) atoms. The smallest absolute Gasteiger partial charge is 0.270 e. The zero-order valence-electron chi connectivity index (χ0n) is 16.0. The Kier molecular flexibility index (Phi) is 5.09. The number of hydrogen-bond donors (Lipinski definition) is 0. The first-order valence-corrected chi connectivity index (χ1v) is 9.64. The molecule has 0 unspecified atom stereocenters. The van der Waals surface area contributed by atoms with Crippen LogP contribution in [-0.4, -0.2) is 32.7 Å². The van der Waals surface area contributed by atoms with Gasteiger partial charge in [-0.3, -0.25) is 19.2 Å². The highest BCUT2D eigenvalue weighted by atomic mass is 19.4. The highest BCUT2D eigenvalue weighted by Crippen LogP contribution is 2.42. The summed E-state index contributed by atoms with van der Waals surface area (Å²) in [6.45, 7) is -0.626. The van der Waals surface area contributed by atoms with Crippen molar-refractivity contribution in [3.63, 3.8) is 0 Å². The van der Waals surface area contributed by atoms with Crippen molar-refractivity contribution < 1.29 is 35.9 Å². The van der Waals surface area contributed by atoms with Gasteiger partial charge in [0.1, 0.15) is 0 Å². The fourth-order valence-corrected chi connectivity index (χ4v) is 4.19. The molecule has 0 spiro atoms. The number of benzene rings is 1. The molecule has 0 N–H and O–H groups in total. The first-order valence-electron chi connectivity index (χ1n) is 9.64. The third-order valence-electron chi connectivity index (χ3n) is 5.82. The molecule has 2 amide bonds. The van der Waals surface area contributed by atoms with Crippen LogP contribution in [0.5, 0.6) is 0 Å². The predicted octanol–water partition coefficient (Wildman–Crippen LogP) is 4.99. The van der Waals surface area contributed by atoms with Crippen molar-refractivity contribution in [2.24, 2.45) is 5.92 Å². The summed E-state index contributed by atoms with van der Waals surface area (Å²) in [6, 6.07) is 5.31. The molecule has 11 heteroatoms. The van der Waals surface area contributed by atoms with E-state index < -0.39 is 48.4 Å². The number of nitrogens with zero attached hydrogens (tertiary/aromatic N) is 3. The minimum Gasteiger partial charge on any atom is -0.270 e. The summed E-state index contributed by atoms with van der Waals surface area (Å²) in [7, 11) is 0. The first-order chi connectivity index (χ1) is 14.5. The quantitative estimate of drug-likeness (QED) is 0.494. The monoisotopic (exact) mass is 445 g/mol. The van der Waals surface area contributed by atoms with Crippen molar-refractivity contribution in [2.45, 2.75) is 50.6 Å². The third kappa shape index (κ3) is 3.92. The minimum atomic E-state index is -4.84. The Hall–Kier alpha value is -2.85. The molecule has 0 atom stereocenters. The molecular weight excluding hydrogens is 428 g/mol. The summed E-state index contributed by atoms with van der Waals surface area (Å²) in [5.41, 5.74) is -1.40. The Bertz CT molecular complexity index is 984. The topological polar surface area (TPSA) is 55.2 Å². The molecule has 1 aromatic heterocycles. The van der Waals surface area contributed by atoms with E-state index in [0.717, 1.165) is 15.8 Å². The summed E-state index contributed by atoms with van der Waals surface area (Å²) in [5, 5.41) is 3.59. The zero-order valence-corrected chi connectivity index (χ0v) is 16.0. The van der Waals surface area contributed by atoms with Crippen molar-refractivity contribution in [3.8, 4) is 0 Å². The van der Waals surface area contributed by atoms with Gasteiger partial charge in [0.15, 0.2) is 5.69 Å². The Morgan fingerprint density at radius 2 is 1.45 bits per heavy atom. The van der Waals surface area contributed by atoms with E-state index in [-0.39, 0.29) is 42.4 Å². The Labute approximate surface area is 172 Å². The standard InChI is InChI=1S/C20H17F6N3O2/c21-19(22,23)12-5-7-13(8-6-12)29-10-11(16(27-29)20(24,25)26)9-28-17(30)14-3-1-2-4-15(14)18(28)31/h1-4,10,12-13H,5-9H2. The second-order valence-corrected chi connectivity index (χ2v) is 7.77. The number of fused-ring (bicyclic) bond motifs is 1. The fourth-order valence-electron chi connectivity index (χ4n) is 4.19. The van der Waals surface area contributed by atoms with Crippen LogP contribution in [0.3, 0.4) is 0 Å². The third-order valence-corrected chi connectivity index (χ3v) is 5.82. The number of aromatic nitrogens is 2. The molecular formula is C20H17F6N3O2. The van der Waals surface area contributed by atoms with Gasteiger partial charge in [0.05, 0.1) is 29.6 Å². The van der Waals surface area contributed by atoms with E-state index in [1.807, 2.05) is 0 Å². The van der Waals surface area contributed by atoms with Crippen molar-refractivity contribution in [3.05, 3.63) is 52.8 Å². The van der Waals surface area contributed by atoms with Gasteiger partial charge in [-0.2, -0.15) is 31.4 Å². The van der Waals surface area contributed by atoms with Crippen molar-refractivity contribution in [1.82, 2.24) is 14.7 Å². The van der Waals surface area contributed by atoms with E-state index in [0.29, 0.717) is 0 Å². The van der Waals surface area contributed by atoms with Gasteiger partial charge in [0, 0.05) is 11.8 Å². The van der Waals surface area contributed by atoms with Crippen LogP contribution >= 0.6 is 0 Å². The molecule has 166 valence electrons. The van der Waals surface area contributed by atoms with Crippen LogP contribution in [0.15, 0.2) is 30.5 Å². The van der Waals surface area contributed by atoms with Crippen molar-refractivity contribution in [1.29, 1.82) is 0 Å². The molecule has 0 bridgehead atoms. The molecule has 1 aliphatic heterocycles. The lowest BCUT2D eigenvalue weighted by atomic mass is 9.86. The highest BCUT2D eigenvalue weighted by molar-refractivity contribution is 6.21. The van der Waals surface area contributed by atoms with E-state index in [4.69, 9.17) is 0 Å². The normalized spacial score (nSPS) is 22.2. The molecule has 1 aliphatic carbocycles. The number of imide groups is 1. The highest BCUT2D eigenvalue weighted by Gasteiger charge is 2.44. The Morgan fingerprint density at radius 3 is 1.94 bits per heavy atom. The average Bonchev–Trinajstić information content (AvgIpc) is 3.24. The second-order valence-electron chi connectivity index (χ2n) is 7.77. The summed E-state index contributed by atoms with van der Waals surface area (Å²) < 4.78 is 80.3. The van der Waals surface area contributed by atoms with Gasteiger partial charge in [0.25, 0.3) is 11.8 Å². The number of alkyl halides is 6. The molecule has 2 aliphatic rings. The summed E-state index contributed by atoms with van der Waals surface area (Å²) in [6.07, 6.45) is -8.40. The molecule has 5 nitrogen and oxygen atoms in total. The van der Waals surface area contributed by atoms with Gasteiger partial charge in [0.2, 0.25) is 0 Å². The van der Waals surface area contributed by atoms with Crippen molar-refractivity contribution in [2.75, 3.05) is 0 Å². The first kappa shape index (κ1) is 21.4. The summed E-state index contributed by atoms with van der Waals surface area (Å²) in [5.74, 6) is -2.88. The SMILES string of the molecule is O=C1c2ccccc2C(=O)N1Cc1cn(C2CCC(C(F)(F)F)CC2)nc1C(F)(F)F. The molecule has 2 heterocycles. The molecule has 1 saturated carbocycles. The van der Waals surface area contributed by atoms with E-state index >= 15 is 0 Å². The molecule has 2 aromatic rings. The molecule has 4 rings (SSSR count). The van der Waals surface area contributed by atoms with E-state index in [1.165, 1.54) is 12.1 Å². The number of halogens is 6. The fraction of sp³-hybridized carbons (Fsp3) is 0.450. The van der Waals surface area contributed by atoms with Gasteiger partial charge in [-0.25, -0.2) is 0 Å². The number of carbonyl (C=O) groups is 2.